The Labute approximate surface area is 93.4 Å². The van der Waals surface area contributed by atoms with Crippen LogP contribution in [0.2, 0.25) is 0 Å². The minimum Gasteiger partial charge on any atom is -0.448 e. The van der Waals surface area contributed by atoms with Crippen molar-refractivity contribution in [3.8, 4) is 0 Å². The van der Waals surface area contributed by atoms with E-state index < -0.39 is 12.2 Å². The molecule has 0 spiro atoms. The van der Waals surface area contributed by atoms with Crippen LogP contribution >= 0.6 is 0 Å². The highest BCUT2D eigenvalue weighted by molar-refractivity contribution is 5.64. The van der Waals surface area contributed by atoms with Gasteiger partial charge in [0, 0.05) is 13.1 Å². The van der Waals surface area contributed by atoms with Crippen LogP contribution in [0.4, 0.5) is 9.59 Å². The lowest BCUT2D eigenvalue weighted by atomic mass is 10.2. The second-order valence-electron chi connectivity index (χ2n) is 3.66. The number of carbonyl (C=O) groups is 2. The third-order valence-electron chi connectivity index (χ3n) is 2.26. The summed E-state index contributed by atoms with van der Waals surface area (Å²) in [5, 5.41) is 0. The highest BCUT2D eigenvalue weighted by Gasteiger charge is 2.33. The molecule has 2 atom stereocenters. The van der Waals surface area contributed by atoms with Crippen LogP contribution in [0.25, 0.3) is 0 Å². The van der Waals surface area contributed by atoms with E-state index in [9.17, 15) is 9.59 Å². The summed E-state index contributed by atoms with van der Waals surface area (Å²) in [5.74, 6) is 0. The SMILES string of the molecule is CC1OC(=O)OC1CN(C)CCOC(N)=O. The van der Waals surface area contributed by atoms with Gasteiger partial charge in [0.05, 0.1) is 0 Å². The van der Waals surface area contributed by atoms with Crippen molar-refractivity contribution in [3.05, 3.63) is 0 Å². The van der Waals surface area contributed by atoms with Gasteiger partial charge in [-0.15, -0.1) is 0 Å². The first-order valence-corrected chi connectivity index (χ1v) is 4.97. The monoisotopic (exact) mass is 232 g/mol. The van der Waals surface area contributed by atoms with Crippen molar-refractivity contribution in [3.63, 3.8) is 0 Å². The summed E-state index contributed by atoms with van der Waals surface area (Å²) >= 11 is 0. The minimum absolute atomic E-state index is 0.210. The molecule has 0 aromatic rings. The number of primary amides is 1. The van der Waals surface area contributed by atoms with E-state index in [0.29, 0.717) is 13.1 Å². The molecular formula is C9H16N2O5. The van der Waals surface area contributed by atoms with Crippen LogP contribution in [0.5, 0.6) is 0 Å². The average Bonchev–Trinajstić information content (AvgIpc) is 2.44. The Kier molecular flexibility index (Phi) is 4.36. The van der Waals surface area contributed by atoms with Gasteiger partial charge in [0.25, 0.3) is 0 Å². The molecule has 0 aliphatic carbocycles. The molecule has 2 unspecified atom stereocenters. The predicted molar refractivity (Wildman–Crippen MR) is 53.8 cm³/mol. The summed E-state index contributed by atoms with van der Waals surface area (Å²) in [6.07, 6.45) is -1.98. The number of nitrogens with two attached hydrogens (primary N) is 1. The van der Waals surface area contributed by atoms with E-state index in [0.717, 1.165) is 0 Å². The maximum atomic E-state index is 10.8. The molecule has 1 amide bonds. The summed E-state index contributed by atoms with van der Waals surface area (Å²) in [4.78, 5) is 23.0. The number of rotatable bonds is 5. The highest BCUT2D eigenvalue weighted by Crippen LogP contribution is 2.15. The first-order valence-electron chi connectivity index (χ1n) is 4.97. The molecule has 7 heteroatoms. The number of likely N-dealkylation sites (N-methyl/N-ethyl adjacent to an activating group) is 1. The molecule has 1 saturated heterocycles. The van der Waals surface area contributed by atoms with Crippen LogP contribution in [0.15, 0.2) is 0 Å². The van der Waals surface area contributed by atoms with E-state index in [2.05, 4.69) is 4.74 Å². The Morgan fingerprint density at radius 3 is 2.75 bits per heavy atom. The van der Waals surface area contributed by atoms with Crippen molar-refractivity contribution in [1.29, 1.82) is 0 Å². The molecule has 16 heavy (non-hydrogen) atoms. The maximum Gasteiger partial charge on any atom is 0.509 e. The second-order valence-corrected chi connectivity index (χ2v) is 3.66. The van der Waals surface area contributed by atoms with Gasteiger partial charge in [0.2, 0.25) is 0 Å². The zero-order chi connectivity index (χ0) is 12.1. The Morgan fingerprint density at radius 1 is 1.56 bits per heavy atom. The molecule has 0 radical (unpaired) electrons. The number of cyclic esters (lactones) is 2. The predicted octanol–water partition coefficient (Wildman–Crippen LogP) is -0.0626. The van der Waals surface area contributed by atoms with Crippen LogP contribution in [0, 0.1) is 0 Å². The third kappa shape index (κ3) is 3.93. The Morgan fingerprint density at radius 2 is 2.25 bits per heavy atom. The van der Waals surface area contributed by atoms with Gasteiger partial charge in [-0.25, -0.2) is 9.59 Å². The van der Waals surface area contributed by atoms with Gasteiger partial charge in [0.15, 0.2) is 6.10 Å². The Balaban J connectivity index is 2.21. The average molecular weight is 232 g/mol. The smallest absolute Gasteiger partial charge is 0.448 e. The van der Waals surface area contributed by atoms with E-state index in [-0.39, 0.29) is 18.8 Å². The summed E-state index contributed by atoms with van der Waals surface area (Å²) < 4.78 is 14.3. The zero-order valence-corrected chi connectivity index (χ0v) is 9.34. The normalized spacial score (nSPS) is 24.1. The molecule has 1 rings (SSSR count). The molecule has 1 aliphatic rings. The van der Waals surface area contributed by atoms with Crippen molar-refractivity contribution in [1.82, 2.24) is 4.90 Å². The first-order chi connectivity index (χ1) is 7.49. The van der Waals surface area contributed by atoms with E-state index >= 15 is 0 Å². The molecule has 0 saturated carbocycles. The summed E-state index contributed by atoms with van der Waals surface area (Å²) in [7, 11) is 1.82. The van der Waals surface area contributed by atoms with E-state index in [1.807, 2.05) is 11.9 Å². The van der Waals surface area contributed by atoms with Gasteiger partial charge in [-0.1, -0.05) is 0 Å². The molecule has 1 heterocycles. The minimum atomic E-state index is -0.794. The van der Waals surface area contributed by atoms with Crippen molar-refractivity contribution < 1.29 is 23.8 Å². The summed E-state index contributed by atoms with van der Waals surface area (Å²) in [5.41, 5.74) is 4.81. The lowest BCUT2D eigenvalue weighted by molar-refractivity contribution is 0.0953. The topological polar surface area (TPSA) is 91.1 Å². The van der Waals surface area contributed by atoms with Crippen molar-refractivity contribution in [2.75, 3.05) is 26.7 Å². The fraction of sp³-hybridized carbons (Fsp3) is 0.778. The van der Waals surface area contributed by atoms with Gasteiger partial charge in [0.1, 0.15) is 12.7 Å². The number of carbonyl (C=O) groups excluding carboxylic acids is 2. The number of amides is 1. The largest absolute Gasteiger partial charge is 0.509 e. The standard InChI is InChI=1S/C9H16N2O5/c1-6-7(16-9(13)15-6)5-11(2)3-4-14-8(10)12/h6-7H,3-5H2,1-2H3,(H2,10,12). The Bertz CT molecular complexity index is 271. The van der Waals surface area contributed by atoms with Gasteiger partial charge >= 0.3 is 12.2 Å². The lowest BCUT2D eigenvalue weighted by Gasteiger charge is -2.20. The molecular weight excluding hydrogens is 216 g/mol. The van der Waals surface area contributed by atoms with Crippen LogP contribution in [-0.4, -0.2) is 56.1 Å². The third-order valence-corrected chi connectivity index (χ3v) is 2.26. The molecule has 1 fully saturated rings. The lowest BCUT2D eigenvalue weighted by Crippen LogP contribution is -2.36. The molecule has 0 aromatic heterocycles. The van der Waals surface area contributed by atoms with Crippen molar-refractivity contribution >= 4 is 12.2 Å². The molecule has 0 aromatic carbocycles. The summed E-state index contributed by atoms with van der Waals surface area (Å²) in [6, 6.07) is 0. The zero-order valence-electron chi connectivity index (χ0n) is 9.34. The van der Waals surface area contributed by atoms with Gasteiger partial charge in [-0.3, -0.25) is 4.90 Å². The van der Waals surface area contributed by atoms with Gasteiger partial charge in [-0.05, 0) is 14.0 Å². The second kappa shape index (κ2) is 5.55. The quantitative estimate of drug-likeness (QED) is 0.667. The van der Waals surface area contributed by atoms with Crippen LogP contribution in [0.1, 0.15) is 6.92 Å². The van der Waals surface area contributed by atoms with E-state index in [1.54, 1.807) is 6.92 Å². The number of nitrogens with zero attached hydrogens (tertiary/aromatic N) is 1. The van der Waals surface area contributed by atoms with Gasteiger partial charge < -0.3 is 19.9 Å². The first kappa shape index (κ1) is 12.6. The van der Waals surface area contributed by atoms with Gasteiger partial charge in [-0.2, -0.15) is 0 Å². The fourth-order valence-corrected chi connectivity index (χ4v) is 1.36. The number of ether oxygens (including phenoxy) is 3. The number of hydrogen-bond acceptors (Lipinski definition) is 6. The van der Waals surface area contributed by atoms with Crippen LogP contribution in [-0.2, 0) is 14.2 Å². The fourth-order valence-electron chi connectivity index (χ4n) is 1.36. The van der Waals surface area contributed by atoms with E-state index in [4.69, 9.17) is 15.2 Å². The Hall–Kier alpha value is -1.50. The molecule has 1 aliphatic heterocycles. The molecule has 2 N–H and O–H groups in total. The summed E-state index contributed by atoms with van der Waals surface area (Å²) in [6.45, 7) is 3.02. The molecule has 7 nitrogen and oxygen atoms in total. The van der Waals surface area contributed by atoms with Crippen LogP contribution < -0.4 is 5.73 Å². The molecule has 92 valence electrons. The van der Waals surface area contributed by atoms with E-state index in [1.165, 1.54) is 0 Å². The van der Waals surface area contributed by atoms with Crippen molar-refractivity contribution in [2.45, 2.75) is 19.1 Å². The maximum absolute atomic E-state index is 10.8. The van der Waals surface area contributed by atoms with Crippen LogP contribution in [0.3, 0.4) is 0 Å². The molecule has 0 bridgehead atoms. The number of hydrogen-bond donors (Lipinski definition) is 1. The van der Waals surface area contributed by atoms with Crippen molar-refractivity contribution in [2.24, 2.45) is 5.73 Å². The highest BCUT2D eigenvalue weighted by atomic mass is 16.8.